The van der Waals surface area contributed by atoms with E-state index in [4.69, 9.17) is 0 Å². The maximum absolute atomic E-state index is 12.2. The van der Waals surface area contributed by atoms with Gasteiger partial charge in [0.1, 0.15) is 0 Å². The van der Waals surface area contributed by atoms with Crippen LogP contribution in [0.25, 0.3) is 0 Å². The van der Waals surface area contributed by atoms with Crippen molar-refractivity contribution in [3.05, 3.63) is 21.9 Å². The second kappa shape index (κ2) is 6.48. The minimum atomic E-state index is 0.294. The average molecular weight is 265 g/mol. The molecule has 3 heteroatoms. The first-order chi connectivity index (χ1) is 8.69. The summed E-state index contributed by atoms with van der Waals surface area (Å²) in [5.74, 6) is 1.16. The van der Waals surface area contributed by atoms with Gasteiger partial charge in [-0.05, 0) is 57.3 Å². The van der Waals surface area contributed by atoms with Crippen molar-refractivity contribution in [3.8, 4) is 0 Å². The van der Waals surface area contributed by atoms with Gasteiger partial charge in [-0.2, -0.15) is 0 Å². The summed E-state index contributed by atoms with van der Waals surface area (Å²) in [6.07, 6.45) is 5.12. The minimum Gasteiger partial charge on any atom is -0.296 e. The molecule has 0 aliphatic carbocycles. The Morgan fingerprint density at radius 2 is 2.22 bits per heavy atom. The zero-order valence-corrected chi connectivity index (χ0v) is 12.3. The minimum absolute atomic E-state index is 0.294. The number of hydrogen-bond donors (Lipinski definition) is 0. The van der Waals surface area contributed by atoms with E-state index in [9.17, 15) is 4.79 Å². The number of likely N-dealkylation sites (tertiary alicyclic amines) is 1. The lowest BCUT2D eigenvalue weighted by molar-refractivity contribution is 0.0936. The summed E-state index contributed by atoms with van der Waals surface area (Å²) in [6.45, 7) is 7.12. The standard InChI is InChI=1S/C15H23NOS/c1-3-13-5-4-9-16(10-8-13)11-14(17)15-7-6-12(2)18-15/h6-7,13H,3-5,8-11H2,1-2H3. The summed E-state index contributed by atoms with van der Waals surface area (Å²) in [5.41, 5.74) is 0. The SMILES string of the molecule is CCC1CCCN(CC(=O)c2ccc(C)s2)CC1. The molecule has 0 N–H and O–H groups in total. The molecule has 1 aromatic rings. The third kappa shape index (κ3) is 3.66. The van der Waals surface area contributed by atoms with E-state index in [0.717, 1.165) is 23.9 Å². The van der Waals surface area contributed by atoms with Gasteiger partial charge < -0.3 is 0 Å². The van der Waals surface area contributed by atoms with E-state index < -0.39 is 0 Å². The average Bonchev–Trinajstić information content (AvgIpc) is 2.67. The molecule has 1 unspecified atom stereocenters. The maximum atomic E-state index is 12.2. The number of hydrogen-bond acceptors (Lipinski definition) is 3. The molecule has 0 aromatic carbocycles. The van der Waals surface area contributed by atoms with Gasteiger partial charge in [0.2, 0.25) is 0 Å². The van der Waals surface area contributed by atoms with Crippen molar-refractivity contribution >= 4 is 17.1 Å². The Bertz CT molecular complexity index is 399. The van der Waals surface area contributed by atoms with Crippen molar-refractivity contribution in [1.29, 1.82) is 0 Å². The molecule has 0 amide bonds. The predicted octanol–water partition coefficient (Wildman–Crippen LogP) is 3.75. The van der Waals surface area contributed by atoms with Gasteiger partial charge in [-0.15, -0.1) is 11.3 Å². The van der Waals surface area contributed by atoms with Crippen LogP contribution in [0, 0.1) is 12.8 Å². The fourth-order valence-corrected chi connectivity index (χ4v) is 3.45. The van der Waals surface area contributed by atoms with Crippen LogP contribution in [0.1, 0.15) is 47.2 Å². The third-order valence-electron chi connectivity index (χ3n) is 3.90. The monoisotopic (exact) mass is 265 g/mol. The highest BCUT2D eigenvalue weighted by Gasteiger charge is 2.18. The first-order valence-electron chi connectivity index (χ1n) is 7.01. The second-order valence-corrected chi connectivity index (χ2v) is 6.60. The molecule has 1 aliphatic rings. The molecule has 1 saturated heterocycles. The van der Waals surface area contributed by atoms with Crippen molar-refractivity contribution in [1.82, 2.24) is 4.90 Å². The Balaban J connectivity index is 1.87. The van der Waals surface area contributed by atoms with Crippen LogP contribution >= 0.6 is 11.3 Å². The third-order valence-corrected chi connectivity index (χ3v) is 4.94. The summed E-state index contributed by atoms with van der Waals surface area (Å²) in [7, 11) is 0. The molecule has 1 fully saturated rings. The fraction of sp³-hybridized carbons (Fsp3) is 0.667. The summed E-state index contributed by atoms with van der Waals surface area (Å²) in [6, 6.07) is 4.00. The summed E-state index contributed by atoms with van der Waals surface area (Å²) in [4.78, 5) is 16.6. The van der Waals surface area contributed by atoms with Gasteiger partial charge in [0.15, 0.2) is 5.78 Å². The lowest BCUT2D eigenvalue weighted by Crippen LogP contribution is -2.30. The van der Waals surface area contributed by atoms with Crippen LogP contribution in [-0.4, -0.2) is 30.3 Å². The van der Waals surface area contributed by atoms with E-state index in [1.54, 1.807) is 11.3 Å². The number of thiophene rings is 1. The predicted molar refractivity (Wildman–Crippen MR) is 77.5 cm³/mol. The number of ketones is 1. The topological polar surface area (TPSA) is 20.3 Å². The van der Waals surface area contributed by atoms with Gasteiger partial charge in [-0.3, -0.25) is 9.69 Å². The van der Waals surface area contributed by atoms with Crippen LogP contribution < -0.4 is 0 Å². The van der Waals surface area contributed by atoms with E-state index in [-0.39, 0.29) is 0 Å². The molecule has 2 heterocycles. The van der Waals surface area contributed by atoms with E-state index in [2.05, 4.69) is 18.7 Å². The van der Waals surface area contributed by atoms with Gasteiger partial charge in [-0.25, -0.2) is 0 Å². The van der Waals surface area contributed by atoms with Gasteiger partial charge in [0, 0.05) is 4.88 Å². The van der Waals surface area contributed by atoms with E-state index in [0.29, 0.717) is 12.3 Å². The number of Topliss-reactive ketones (excluding diaryl/α,β-unsaturated/α-hetero) is 1. The maximum Gasteiger partial charge on any atom is 0.186 e. The highest BCUT2D eigenvalue weighted by Crippen LogP contribution is 2.21. The van der Waals surface area contributed by atoms with E-state index in [1.165, 1.54) is 30.6 Å². The van der Waals surface area contributed by atoms with Crippen molar-refractivity contribution < 1.29 is 4.79 Å². The largest absolute Gasteiger partial charge is 0.296 e. The molecule has 2 rings (SSSR count). The Labute approximate surface area is 114 Å². The van der Waals surface area contributed by atoms with Crippen molar-refractivity contribution in [2.45, 2.75) is 39.5 Å². The highest BCUT2D eigenvalue weighted by atomic mass is 32.1. The van der Waals surface area contributed by atoms with Crippen LogP contribution in [0.4, 0.5) is 0 Å². The number of carbonyl (C=O) groups excluding carboxylic acids is 1. The Kier molecular flexibility index (Phi) is 4.95. The lowest BCUT2D eigenvalue weighted by atomic mass is 9.98. The molecular weight excluding hydrogens is 242 g/mol. The van der Waals surface area contributed by atoms with Crippen LogP contribution in [0.15, 0.2) is 12.1 Å². The molecule has 0 radical (unpaired) electrons. The van der Waals surface area contributed by atoms with Gasteiger partial charge in [-0.1, -0.05) is 13.3 Å². The fourth-order valence-electron chi connectivity index (χ4n) is 2.66. The molecule has 0 spiro atoms. The number of aryl methyl sites for hydroxylation is 1. The van der Waals surface area contributed by atoms with Gasteiger partial charge in [0.05, 0.1) is 11.4 Å². The number of rotatable bonds is 4. The first kappa shape index (κ1) is 13.8. The van der Waals surface area contributed by atoms with E-state index >= 15 is 0 Å². The smallest absolute Gasteiger partial charge is 0.186 e. The molecule has 1 aromatic heterocycles. The van der Waals surface area contributed by atoms with Crippen LogP contribution in [0.2, 0.25) is 0 Å². The van der Waals surface area contributed by atoms with Crippen LogP contribution in [0.3, 0.4) is 0 Å². The van der Waals surface area contributed by atoms with Crippen molar-refractivity contribution in [2.24, 2.45) is 5.92 Å². The Morgan fingerprint density at radius 1 is 1.39 bits per heavy atom. The number of carbonyl (C=O) groups is 1. The first-order valence-corrected chi connectivity index (χ1v) is 7.82. The molecule has 0 bridgehead atoms. The number of nitrogens with zero attached hydrogens (tertiary/aromatic N) is 1. The zero-order chi connectivity index (χ0) is 13.0. The van der Waals surface area contributed by atoms with Gasteiger partial charge in [0.25, 0.3) is 0 Å². The normalized spacial score (nSPS) is 21.8. The molecule has 18 heavy (non-hydrogen) atoms. The van der Waals surface area contributed by atoms with Crippen LogP contribution in [-0.2, 0) is 0 Å². The molecule has 1 aliphatic heterocycles. The quantitative estimate of drug-likeness (QED) is 0.773. The Hall–Kier alpha value is -0.670. The molecule has 0 saturated carbocycles. The molecule has 2 nitrogen and oxygen atoms in total. The summed E-state index contributed by atoms with van der Waals surface area (Å²) in [5, 5.41) is 0. The van der Waals surface area contributed by atoms with Crippen molar-refractivity contribution in [2.75, 3.05) is 19.6 Å². The zero-order valence-electron chi connectivity index (χ0n) is 11.4. The van der Waals surface area contributed by atoms with E-state index in [1.807, 2.05) is 12.1 Å². The lowest BCUT2D eigenvalue weighted by Gasteiger charge is -2.18. The molecule has 1 atom stereocenters. The summed E-state index contributed by atoms with van der Waals surface area (Å²) < 4.78 is 0. The van der Waals surface area contributed by atoms with Crippen molar-refractivity contribution in [3.63, 3.8) is 0 Å². The molecule has 100 valence electrons. The highest BCUT2D eigenvalue weighted by molar-refractivity contribution is 7.14. The second-order valence-electron chi connectivity index (χ2n) is 5.31. The Morgan fingerprint density at radius 3 is 2.89 bits per heavy atom. The van der Waals surface area contributed by atoms with Gasteiger partial charge >= 0.3 is 0 Å². The summed E-state index contributed by atoms with van der Waals surface area (Å²) >= 11 is 1.62. The van der Waals surface area contributed by atoms with Crippen LogP contribution in [0.5, 0.6) is 0 Å². The molecular formula is C15H23NOS.